The third kappa shape index (κ3) is 5.82. The zero-order valence-corrected chi connectivity index (χ0v) is 14.3. The average Bonchev–Trinajstić information content (AvgIpc) is 2.59. The lowest BCUT2D eigenvalue weighted by Gasteiger charge is -2.31. The van der Waals surface area contributed by atoms with Crippen LogP contribution >= 0.6 is 0 Å². The number of rotatable bonds is 5. The summed E-state index contributed by atoms with van der Waals surface area (Å²) < 4.78 is 41.0. The van der Waals surface area contributed by atoms with E-state index in [0.29, 0.717) is 24.9 Å². The fraction of sp³-hybridized carbons (Fsp3) is 0.529. The summed E-state index contributed by atoms with van der Waals surface area (Å²) >= 11 is 0. The first kappa shape index (κ1) is 19.9. The van der Waals surface area contributed by atoms with E-state index in [4.69, 9.17) is 5.11 Å². The second kappa shape index (κ2) is 8.29. The highest BCUT2D eigenvalue weighted by Crippen LogP contribution is 2.22. The summed E-state index contributed by atoms with van der Waals surface area (Å²) in [4.78, 5) is 24.8. The van der Waals surface area contributed by atoms with Gasteiger partial charge >= 0.3 is 18.2 Å². The lowest BCUT2D eigenvalue weighted by molar-refractivity contribution is -0.153. The van der Waals surface area contributed by atoms with Gasteiger partial charge in [0.1, 0.15) is 5.75 Å². The van der Waals surface area contributed by atoms with E-state index in [1.54, 1.807) is 19.1 Å². The second-order valence-corrected chi connectivity index (χ2v) is 6.27. The number of carbonyl (C=O) groups excluding carboxylic acids is 1. The van der Waals surface area contributed by atoms with Gasteiger partial charge in [-0.2, -0.15) is 13.2 Å². The maximum Gasteiger partial charge on any atom is 0.422 e. The molecule has 0 radical (unpaired) electrons. The Bertz CT molecular complexity index is 634. The normalized spacial score (nSPS) is 18.9. The molecule has 1 fully saturated rings. The Hall–Kier alpha value is -2.45. The van der Waals surface area contributed by atoms with Crippen LogP contribution in [0.1, 0.15) is 31.4 Å². The van der Waals surface area contributed by atoms with Crippen molar-refractivity contribution in [3.8, 4) is 5.75 Å². The van der Waals surface area contributed by atoms with E-state index in [-0.39, 0.29) is 24.4 Å². The van der Waals surface area contributed by atoms with Crippen molar-refractivity contribution in [1.82, 2.24) is 10.2 Å². The fourth-order valence-corrected chi connectivity index (χ4v) is 2.74. The molecular weight excluding hydrogens is 353 g/mol. The maximum absolute atomic E-state index is 12.3. The standard InChI is InChI=1S/C17H21F3N2O4/c1-11(12-4-6-14(7-5-12)26-10-17(18,19)20)21-16(25)22-8-2-3-13(9-22)15(23)24/h4-7,11,13H,2-3,8-10H2,1H3,(H,21,25)(H,23,24). The summed E-state index contributed by atoms with van der Waals surface area (Å²) in [5, 5.41) is 11.9. The van der Waals surface area contributed by atoms with E-state index in [1.807, 2.05) is 0 Å². The summed E-state index contributed by atoms with van der Waals surface area (Å²) in [6.45, 7) is 1.03. The van der Waals surface area contributed by atoms with Crippen molar-refractivity contribution in [2.45, 2.75) is 32.0 Å². The van der Waals surface area contributed by atoms with Gasteiger partial charge in [0.15, 0.2) is 6.61 Å². The smallest absolute Gasteiger partial charge is 0.422 e. The molecule has 0 aliphatic carbocycles. The molecule has 2 N–H and O–H groups in total. The second-order valence-electron chi connectivity index (χ2n) is 6.27. The van der Waals surface area contributed by atoms with E-state index in [2.05, 4.69) is 10.1 Å². The summed E-state index contributed by atoms with van der Waals surface area (Å²) in [6.07, 6.45) is -3.22. The van der Waals surface area contributed by atoms with Crippen LogP contribution in [0.3, 0.4) is 0 Å². The first-order valence-corrected chi connectivity index (χ1v) is 8.23. The van der Waals surface area contributed by atoms with Crippen molar-refractivity contribution in [2.75, 3.05) is 19.7 Å². The molecule has 6 nitrogen and oxygen atoms in total. The number of ether oxygens (including phenoxy) is 1. The fourth-order valence-electron chi connectivity index (χ4n) is 2.74. The van der Waals surface area contributed by atoms with Crippen LogP contribution in [-0.4, -0.2) is 47.9 Å². The average molecular weight is 374 g/mol. The van der Waals surface area contributed by atoms with Crippen LogP contribution in [0.5, 0.6) is 5.75 Å². The Morgan fingerprint density at radius 1 is 1.35 bits per heavy atom. The van der Waals surface area contributed by atoms with Crippen molar-refractivity contribution in [3.05, 3.63) is 29.8 Å². The third-order valence-corrected chi connectivity index (χ3v) is 4.18. The molecule has 0 aromatic heterocycles. The number of carboxylic acids is 1. The van der Waals surface area contributed by atoms with Crippen molar-refractivity contribution in [3.63, 3.8) is 0 Å². The number of hydrogen-bond donors (Lipinski definition) is 2. The highest BCUT2D eigenvalue weighted by Gasteiger charge is 2.29. The summed E-state index contributed by atoms with van der Waals surface area (Å²) in [5.74, 6) is -1.38. The molecule has 1 aliphatic heterocycles. The van der Waals surface area contributed by atoms with Crippen LogP contribution in [0, 0.1) is 5.92 Å². The number of aliphatic carboxylic acids is 1. The zero-order valence-electron chi connectivity index (χ0n) is 14.3. The number of piperidine rings is 1. The minimum atomic E-state index is -4.40. The molecule has 2 atom stereocenters. The van der Waals surface area contributed by atoms with Gasteiger partial charge in [-0.3, -0.25) is 4.79 Å². The monoisotopic (exact) mass is 374 g/mol. The van der Waals surface area contributed by atoms with Crippen LogP contribution in [0.15, 0.2) is 24.3 Å². The molecule has 1 aromatic carbocycles. The number of halogens is 3. The quantitative estimate of drug-likeness (QED) is 0.830. The Kier molecular flexibility index (Phi) is 6.33. The molecule has 144 valence electrons. The van der Waals surface area contributed by atoms with Crippen LogP contribution in [0.25, 0.3) is 0 Å². The Labute approximate surface area is 148 Å². The molecular formula is C17H21F3N2O4. The number of amides is 2. The lowest BCUT2D eigenvalue weighted by Crippen LogP contribution is -2.47. The zero-order chi connectivity index (χ0) is 19.3. The lowest BCUT2D eigenvalue weighted by atomic mass is 9.98. The number of benzene rings is 1. The van der Waals surface area contributed by atoms with Crippen molar-refractivity contribution in [1.29, 1.82) is 0 Å². The van der Waals surface area contributed by atoms with Gasteiger partial charge < -0.3 is 20.1 Å². The molecule has 0 spiro atoms. The highest BCUT2D eigenvalue weighted by atomic mass is 19.4. The Morgan fingerprint density at radius 3 is 2.58 bits per heavy atom. The number of urea groups is 1. The summed E-state index contributed by atoms with van der Waals surface area (Å²) in [7, 11) is 0. The van der Waals surface area contributed by atoms with E-state index in [0.717, 1.165) is 0 Å². The Morgan fingerprint density at radius 2 is 2.00 bits per heavy atom. The first-order chi connectivity index (χ1) is 12.2. The minimum Gasteiger partial charge on any atom is -0.484 e. The SMILES string of the molecule is CC(NC(=O)N1CCCC(C(=O)O)C1)c1ccc(OCC(F)(F)F)cc1. The molecule has 2 unspecified atom stereocenters. The number of alkyl halides is 3. The van der Waals surface area contributed by atoms with Crippen molar-refractivity contribution < 1.29 is 32.6 Å². The topological polar surface area (TPSA) is 78.9 Å². The molecule has 9 heteroatoms. The number of carboxylic acid groups (broad SMARTS) is 1. The minimum absolute atomic E-state index is 0.0879. The number of likely N-dealkylation sites (tertiary alicyclic amines) is 1. The molecule has 2 amide bonds. The van der Waals surface area contributed by atoms with E-state index < -0.39 is 24.7 Å². The molecule has 0 bridgehead atoms. The molecule has 2 rings (SSSR count). The van der Waals surface area contributed by atoms with Gasteiger partial charge in [-0.05, 0) is 37.5 Å². The molecule has 1 heterocycles. The third-order valence-electron chi connectivity index (χ3n) is 4.18. The molecule has 26 heavy (non-hydrogen) atoms. The van der Waals surface area contributed by atoms with Crippen LogP contribution in [-0.2, 0) is 4.79 Å². The number of hydrogen-bond acceptors (Lipinski definition) is 3. The van der Waals surface area contributed by atoms with Crippen LogP contribution < -0.4 is 10.1 Å². The summed E-state index contributed by atoms with van der Waals surface area (Å²) in [6, 6.07) is 5.22. The maximum atomic E-state index is 12.3. The first-order valence-electron chi connectivity index (χ1n) is 8.23. The van der Waals surface area contributed by atoms with Gasteiger partial charge in [0.2, 0.25) is 0 Å². The molecule has 1 saturated heterocycles. The van der Waals surface area contributed by atoms with E-state index in [9.17, 15) is 22.8 Å². The predicted octanol–water partition coefficient (Wildman–Crippen LogP) is 3.19. The molecule has 1 aliphatic rings. The number of nitrogens with one attached hydrogen (secondary N) is 1. The molecule has 0 saturated carbocycles. The largest absolute Gasteiger partial charge is 0.484 e. The van der Waals surface area contributed by atoms with E-state index >= 15 is 0 Å². The predicted molar refractivity (Wildman–Crippen MR) is 86.9 cm³/mol. The van der Waals surface area contributed by atoms with Gasteiger partial charge in [-0.1, -0.05) is 12.1 Å². The van der Waals surface area contributed by atoms with Gasteiger partial charge in [0.25, 0.3) is 0 Å². The molecule has 1 aromatic rings. The number of carbonyl (C=O) groups is 2. The number of nitrogens with zero attached hydrogens (tertiary/aromatic N) is 1. The Balaban J connectivity index is 1.89. The van der Waals surface area contributed by atoms with Crippen LogP contribution in [0.4, 0.5) is 18.0 Å². The summed E-state index contributed by atoms with van der Waals surface area (Å²) in [5.41, 5.74) is 0.699. The van der Waals surface area contributed by atoms with Gasteiger partial charge in [0.05, 0.1) is 12.0 Å². The van der Waals surface area contributed by atoms with E-state index in [1.165, 1.54) is 17.0 Å². The van der Waals surface area contributed by atoms with Crippen molar-refractivity contribution >= 4 is 12.0 Å². The highest BCUT2D eigenvalue weighted by molar-refractivity contribution is 5.77. The van der Waals surface area contributed by atoms with Gasteiger partial charge in [-0.15, -0.1) is 0 Å². The van der Waals surface area contributed by atoms with Crippen LogP contribution in [0.2, 0.25) is 0 Å². The van der Waals surface area contributed by atoms with Gasteiger partial charge in [-0.25, -0.2) is 4.79 Å². The van der Waals surface area contributed by atoms with Crippen molar-refractivity contribution in [2.24, 2.45) is 5.92 Å². The van der Waals surface area contributed by atoms with Gasteiger partial charge in [0, 0.05) is 13.1 Å².